The van der Waals surface area contributed by atoms with E-state index in [1.54, 1.807) is 11.6 Å². The summed E-state index contributed by atoms with van der Waals surface area (Å²) >= 11 is 1.34. The van der Waals surface area contributed by atoms with E-state index in [0.717, 1.165) is 41.0 Å². The highest BCUT2D eigenvalue weighted by Crippen LogP contribution is 2.30. The Hall–Kier alpha value is -3.26. The number of aromatic nitrogens is 1. The molecule has 0 spiro atoms. The van der Waals surface area contributed by atoms with Crippen LogP contribution in [0.5, 0.6) is 0 Å². The van der Waals surface area contributed by atoms with Crippen LogP contribution in [0, 0.1) is 6.92 Å². The summed E-state index contributed by atoms with van der Waals surface area (Å²) in [6, 6.07) is 9.51. The highest BCUT2D eigenvalue weighted by molar-refractivity contribution is 7.13. The second-order valence-corrected chi connectivity index (χ2v) is 7.65. The Labute approximate surface area is 171 Å². The Balaban J connectivity index is 1.51. The zero-order chi connectivity index (χ0) is 20.2. The molecule has 0 saturated heterocycles. The molecular formula is C21H20N4O3S. The predicted octanol–water partition coefficient (Wildman–Crippen LogP) is 3.70. The Morgan fingerprint density at radius 2 is 2.07 bits per heavy atom. The number of carbonyl (C=O) groups excluding carboxylic acids is 2. The number of rotatable bonds is 5. The molecular weight excluding hydrogens is 388 g/mol. The van der Waals surface area contributed by atoms with Gasteiger partial charge in [-0.15, -0.1) is 11.3 Å². The molecule has 148 valence electrons. The minimum absolute atomic E-state index is 0.182. The molecule has 2 aromatic heterocycles. The SMILES string of the molecule is Cc1c(C(=O)Nc2nccs2)oc2c1/C(=N/NC(=O)Cc1ccccc1)CCC2. The number of carbonyl (C=O) groups is 2. The molecule has 0 aliphatic heterocycles. The van der Waals surface area contributed by atoms with Crippen LogP contribution in [0.15, 0.2) is 51.4 Å². The van der Waals surface area contributed by atoms with Crippen LogP contribution in [0.4, 0.5) is 5.13 Å². The molecule has 2 heterocycles. The molecule has 1 aliphatic carbocycles. The fourth-order valence-electron chi connectivity index (χ4n) is 3.39. The van der Waals surface area contributed by atoms with Crippen molar-refractivity contribution in [3.8, 4) is 0 Å². The van der Waals surface area contributed by atoms with E-state index >= 15 is 0 Å². The molecule has 4 rings (SSSR count). The van der Waals surface area contributed by atoms with Crippen molar-refractivity contribution in [1.29, 1.82) is 0 Å². The number of thiazole rings is 1. The van der Waals surface area contributed by atoms with Crippen molar-refractivity contribution in [1.82, 2.24) is 10.4 Å². The monoisotopic (exact) mass is 408 g/mol. The van der Waals surface area contributed by atoms with Gasteiger partial charge in [0.15, 0.2) is 10.9 Å². The zero-order valence-electron chi connectivity index (χ0n) is 15.9. The molecule has 0 saturated carbocycles. The van der Waals surface area contributed by atoms with Gasteiger partial charge in [-0.1, -0.05) is 30.3 Å². The smallest absolute Gasteiger partial charge is 0.293 e. The summed E-state index contributed by atoms with van der Waals surface area (Å²) in [5.74, 6) is 0.475. The number of amides is 2. The summed E-state index contributed by atoms with van der Waals surface area (Å²) in [7, 11) is 0. The van der Waals surface area contributed by atoms with Crippen molar-refractivity contribution in [3.05, 3.63) is 70.1 Å². The maximum absolute atomic E-state index is 12.6. The van der Waals surface area contributed by atoms with E-state index in [-0.39, 0.29) is 24.0 Å². The van der Waals surface area contributed by atoms with Crippen molar-refractivity contribution in [3.63, 3.8) is 0 Å². The lowest BCUT2D eigenvalue weighted by atomic mass is 9.93. The summed E-state index contributed by atoms with van der Waals surface area (Å²) < 4.78 is 5.85. The predicted molar refractivity (Wildman–Crippen MR) is 111 cm³/mol. The first-order chi connectivity index (χ1) is 14.1. The van der Waals surface area contributed by atoms with Gasteiger partial charge in [-0.2, -0.15) is 5.10 Å². The van der Waals surface area contributed by atoms with Crippen LogP contribution in [-0.4, -0.2) is 22.5 Å². The number of anilines is 1. The first-order valence-electron chi connectivity index (χ1n) is 9.34. The zero-order valence-corrected chi connectivity index (χ0v) is 16.7. The molecule has 2 N–H and O–H groups in total. The number of furan rings is 1. The Morgan fingerprint density at radius 1 is 1.24 bits per heavy atom. The maximum Gasteiger partial charge on any atom is 0.293 e. The van der Waals surface area contributed by atoms with Crippen LogP contribution in [-0.2, 0) is 17.6 Å². The first kappa shape index (κ1) is 19.1. The van der Waals surface area contributed by atoms with Crippen molar-refractivity contribution in [2.24, 2.45) is 5.10 Å². The van der Waals surface area contributed by atoms with Crippen molar-refractivity contribution in [2.75, 3.05) is 5.32 Å². The van der Waals surface area contributed by atoms with Crippen LogP contribution < -0.4 is 10.7 Å². The average molecular weight is 408 g/mol. The normalized spacial score (nSPS) is 14.4. The van der Waals surface area contributed by atoms with Gasteiger partial charge in [-0.05, 0) is 25.3 Å². The van der Waals surface area contributed by atoms with E-state index in [1.807, 2.05) is 37.3 Å². The fraction of sp³-hybridized carbons (Fsp3) is 0.238. The topological polar surface area (TPSA) is 96.6 Å². The first-order valence-corrected chi connectivity index (χ1v) is 10.2. The largest absolute Gasteiger partial charge is 0.455 e. The van der Waals surface area contributed by atoms with Crippen LogP contribution in [0.1, 0.15) is 45.8 Å². The van der Waals surface area contributed by atoms with E-state index < -0.39 is 0 Å². The molecule has 1 aromatic carbocycles. The minimum Gasteiger partial charge on any atom is -0.455 e. The lowest BCUT2D eigenvalue weighted by molar-refractivity contribution is -0.120. The van der Waals surface area contributed by atoms with Crippen molar-refractivity contribution >= 4 is 34.0 Å². The second-order valence-electron chi connectivity index (χ2n) is 6.76. The molecule has 0 unspecified atom stereocenters. The number of hydrogen-bond donors (Lipinski definition) is 2. The van der Waals surface area contributed by atoms with E-state index in [9.17, 15) is 9.59 Å². The third kappa shape index (κ3) is 4.27. The van der Waals surface area contributed by atoms with E-state index in [0.29, 0.717) is 11.6 Å². The quantitative estimate of drug-likeness (QED) is 0.629. The molecule has 0 radical (unpaired) electrons. The number of nitrogens with one attached hydrogen (secondary N) is 2. The van der Waals surface area contributed by atoms with Crippen LogP contribution in [0.25, 0.3) is 0 Å². The van der Waals surface area contributed by atoms with Crippen LogP contribution in [0.2, 0.25) is 0 Å². The summed E-state index contributed by atoms with van der Waals surface area (Å²) in [4.78, 5) is 28.9. The third-order valence-corrected chi connectivity index (χ3v) is 5.40. The van der Waals surface area contributed by atoms with Gasteiger partial charge in [0.25, 0.3) is 5.91 Å². The number of aryl methyl sites for hydroxylation is 1. The molecule has 2 amide bonds. The van der Waals surface area contributed by atoms with Crippen molar-refractivity contribution < 1.29 is 14.0 Å². The molecule has 3 aromatic rings. The molecule has 8 heteroatoms. The third-order valence-electron chi connectivity index (χ3n) is 4.71. The summed E-state index contributed by atoms with van der Waals surface area (Å²) in [6.07, 6.45) is 4.19. The number of hydrogen-bond acceptors (Lipinski definition) is 6. The van der Waals surface area contributed by atoms with Gasteiger partial charge >= 0.3 is 0 Å². The van der Waals surface area contributed by atoms with Gasteiger partial charge in [0.1, 0.15) is 5.76 Å². The van der Waals surface area contributed by atoms with Gasteiger partial charge in [0.2, 0.25) is 5.91 Å². The van der Waals surface area contributed by atoms with E-state index in [4.69, 9.17) is 4.42 Å². The summed E-state index contributed by atoms with van der Waals surface area (Å²) in [5.41, 5.74) is 5.85. The maximum atomic E-state index is 12.6. The summed E-state index contributed by atoms with van der Waals surface area (Å²) in [5, 5.41) is 9.40. The van der Waals surface area contributed by atoms with Gasteiger partial charge in [0.05, 0.1) is 12.1 Å². The van der Waals surface area contributed by atoms with E-state index in [1.165, 1.54) is 11.3 Å². The van der Waals surface area contributed by atoms with E-state index in [2.05, 4.69) is 20.8 Å². The fourth-order valence-corrected chi connectivity index (χ4v) is 3.91. The standard InChI is InChI=1S/C21H20N4O3S/c1-13-18-15(24-25-17(26)12-14-6-3-2-4-7-14)8-5-9-16(18)28-19(13)20(27)23-21-22-10-11-29-21/h2-4,6-7,10-11H,5,8-9,12H2,1H3,(H,25,26)(H,22,23,27)/b24-15+. The van der Waals surface area contributed by atoms with Gasteiger partial charge in [-0.25, -0.2) is 10.4 Å². The van der Waals surface area contributed by atoms with Crippen LogP contribution >= 0.6 is 11.3 Å². The number of fused-ring (bicyclic) bond motifs is 1. The highest BCUT2D eigenvalue weighted by atomic mass is 32.1. The Bertz CT molecular complexity index is 1060. The average Bonchev–Trinajstić information content (AvgIpc) is 3.35. The molecule has 0 fully saturated rings. The lowest BCUT2D eigenvalue weighted by Gasteiger charge is -2.13. The van der Waals surface area contributed by atoms with Gasteiger partial charge < -0.3 is 4.42 Å². The molecule has 0 bridgehead atoms. The lowest BCUT2D eigenvalue weighted by Crippen LogP contribution is -2.23. The van der Waals surface area contributed by atoms with Crippen molar-refractivity contribution in [2.45, 2.75) is 32.6 Å². The molecule has 0 atom stereocenters. The minimum atomic E-state index is -0.334. The van der Waals surface area contributed by atoms with Gasteiger partial charge in [-0.3, -0.25) is 14.9 Å². The van der Waals surface area contributed by atoms with Gasteiger partial charge in [0, 0.05) is 29.1 Å². The number of benzene rings is 1. The Kier molecular flexibility index (Phi) is 5.53. The number of hydrazone groups is 1. The summed E-state index contributed by atoms with van der Waals surface area (Å²) in [6.45, 7) is 1.84. The molecule has 29 heavy (non-hydrogen) atoms. The highest BCUT2D eigenvalue weighted by Gasteiger charge is 2.28. The second kappa shape index (κ2) is 8.40. The Morgan fingerprint density at radius 3 is 2.83 bits per heavy atom. The number of nitrogens with zero attached hydrogens (tertiary/aromatic N) is 2. The molecule has 1 aliphatic rings. The van der Waals surface area contributed by atoms with Crippen LogP contribution in [0.3, 0.4) is 0 Å². The molecule has 7 nitrogen and oxygen atoms in total.